The molecule has 2 aromatic carbocycles. The first kappa shape index (κ1) is 24.1. The Morgan fingerprint density at radius 3 is 2.79 bits per heavy atom. The summed E-state index contributed by atoms with van der Waals surface area (Å²) in [5.41, 5.74) is 6.42. The molecule has 0 spiro atoms. The second-order valence-corrected chi connectivity index (χ2v) is 9.54. The van der Waals surface area contributed by atoms with Gasteiger partial charge in [-0.05, 0) is 48.9 Å². The summed E-state index contributed by atoms with van der Waals surface area (Å²) in [6.45, 7) is 4.16. The zero-order chi connectivity index (χ0) is 26.1. The molecule has 0 bridgehead atoms. The Balaban J connectivity index is 1.26. The van der Waals surface area contributed by atoms with Gasteiger partial charge in [-0.15, -0.1) is 0 Å². The number of anilines is 2. The van der Waals surface area contributed by atoms with E-state index in [1.165, 1.54) is 6.33 Å². The zero-order valence-corrected chi connectivity index (χ0v) is 21.0. The van der Waals surface area contributed by atoms with Crippen LogP contribution in [0, 0.1) is 0 Å². The third-order valence-electron chi connectivity index (χ3n) is 6.95. The first-order valence-electron chi connectivity index (χ1n) is 12.7. The molecule has 2 aromatic heterocycles. The second kappa shape index (κ2) is 10.3. The molecule has 2 aliphatic heterocycles. The van der Waals surface area contributed by atoms with Crippen molar-refractivity contribution in [3.63, 3.8) is 0 Å². The van der Waals surface area contributed by atoms with Gasteiger partial charge < -0.3 is 24.7 Å². The largest absolute Gasteiger partial charge is 0.456 e. The molecule has 38 heavy (non-hydrogen) atoms. The summed E-state index contributed by atoms with van der Waals surface area (Å²) >= 11 is 0. The van der Waals surface area contributed by atoms with Gasteiger partial charge in [-0.1, -0.05) is 12.1 Å². The summed E-state index contributed by atoms with van der Waals surface area (Å²) in [6.07, 6.45) is 2.08. The third kappa shape index (κ3) is 4.84. The lowest BCUT2D eigenvalue weighted by atomic mass is 9.96. The van der Waals surface area contributed by atoms with E-state index in [9.17, 15) is 9.18 Å². The molecule has 4 heterocycles. The van der Waals surface area contributed by atoms with Gasteiger partial charge in [-0.25, -0.2) is 14.4 Å². The fourth-order valence-corrected chi connectivity index (χ4v) is 5.01. The Kier molecular flexibility index (Phi) is 6.51. The van der Waals surface area contributed by atoms with E-state index in [4.69, 9.17) is 9.47 Å². The van der Waals surface area contributed by atoms with E-state index in [0.29, 0.717) is 25.3 Å². The van der Waals surface area contributed by atoms with Gasteiger partial charge in [0.1, 0.15) is 24.5 Å². The van der Waals surface area contributed by atoms with Gasteiger partial charge in [0, 0.05) is 48.1 Å². The lowest BCUT2D eigenvalue weighted by molar-refractivity contribution is 0.122. The number of alkyl halides is 1. The molecule has 2 aliphatic rings. The van der Waals surface area contributed by atoms with Crippen LogP contribution in [-0.2, 0) is 17.8 Å². The monoisotopic (exact) mass is 513 g/mol. The standard InChI is InChI=1S/C29H28FN5O3/c1-18(25-13-22(16-30)31-17-32-25)33-21-5-6-27-20(12-21)11-19-3-2-4-24(29(19)38-27)26-14-23(15-28(36)34-26)35-7-9-37-10-8-35/h2-6,12-15,17-18,33H,7-11,16H2,1H3,(H,34,36). The quantitative estimate of drug-likeness (QED) is 0.330. The Labute approximate surface area is 219 Å². The van der Waals surface area contributed by atoms with E-state index >= 15 is 0 Å². The number of nitrogens with one attached hydrogen (secondary N) is 2. The number of H-pyrrole nitrogens is 1. The van der Waals surface area contributed by atoms with Crippen molar-refractivity contribution in [1.82, 2.24) is 15.0 Å². The predicted molar refractivity (Wildman–Crippen MR) is 144 cm³/mol. The Hall–Kier alpha value is -4.24. The zero-order valence-electron chi connectivity index (χ0n) is 21.0. The highest BCUT2D eigenvalue weighted by atomic mass is 19.1. The maximum Gasteiger partial charge on any atom is 0.250 e. The summed E-state index contributed by atoms with van der Waals surface area (Å²) in [4.78, 5) is 25.9. The number of hydrogen-bond acceptors (Lipinski definition) is 7. The van der Waals surface area contributed by atoms with Crippen molar-refractivity contribution in [1.29, 1.82) is 0 Å². The van der Waals surface area contributed by atoms with Crippen LogP contribution in [0.4, 0.5) is 15.8 Å². The highest BCUT2D eigenvalue weighted by molar-refractivity contribution is 5.74. The van der Waals surface area contributed by atoms with Crippen molar-refractivity contribution in [3.05, 3.63) is 93.8 Å². The minimum absolute atomic E-state index is 0.125. The number of benzene rings is 2. The molecule has 4 aromatic rings. The predicted octanol–water partition coefficient (Wildman–Crippen LogP) is 5.01. The average molecular weight is 514 g/mol. The molecule has 0 amide bonds. The van der Waals surface area contributed by atoms with Crippen molar-refractivity contribution in [2.75, 3.05) is 36.5 Å². The number of pyridine rings is 1. The molecule has 8 nitrogen and oxygen atoms in total. The molecular weight excluding hydrogens is 485 g/mol. The van der Waals surface area contributed by atoms with Gasteiger partial charge >= 0.3 is 0 Å². The topological polar surface area (TPSA) is 92.4 Å². The fraction of sp³-hybridized carbons (Fsp3) is 0.276. The van der Waals surface area contributed by atoms with Crippen molar-refractivity contribution in [2.24, 2.45) is 0 Å². The number of rotatable bonds is 6. The maximum atomic E-state index is 13.0. The van der Waals surface area contributed by atoms with Crippen LogP contribution in [-0.4, -0.2) is 41.3 Å². The molecule has 1 atom stereocenters. The lowest BCUT2D eigenvalue weighted by Gasteiger charge is -2.29. The molecule has 194 valence electrons. The fourth-order valence-electron chi connectivity index (χ4n) is 5.01. The van der Waals surface area contributed by atoms with Crippen LogP contribution in [0.3, 0.4) is 0 Å². The second-order valence-electron chi connectivity index (χ2n) is 9.54. The molecule has 1 fully saturated rings. The summed E-state index contributed by atoms with van der Waals surface area (Å²) in [7, 11) is 0. The van der Waals surface area contributed by atoms with Gasteiger partial charge in [0.2, 0.25) is 5.56 Å². The first-order chi connectivity index (χ1) is 18.6. The number of nitrogens with zero attached hydrogens (tertiary/aromatic N) is 3. The van der Waals surface area contributed by atoms with Crippen LogP contribution in [0.1, 0.15) is 35.5 Å². The van der Waals surface area contributed by atoms with Gasteiger partial charge in [-0.2, -0.15) is 0 Å². The summed E-state index contributed by atoms with van der Waals surface area (Å²) in [5, 5.41) is 3.44. The highest BCUT2D eigenvalue weighted by Gasteiger charge is 2.23. The van der Waals surface area contributed by atoms with Crippen molar-refractivity contribution < 1.29 is 13.9 Å². The van der Waals surface area contributed by atoms with Crippen molar-refractivity contribution >= 4 is 11.4 Å². The molecule has 6 rings (SSSR count). The number of ether oxygens (including phenoxy) is 2. The molecule has 1 saturated heterocycles. The normalized spacial score (nSPS) is 15.3. The van der Waals surface area contributed by atoms with Crippen LogP contribution in [0.2, 0.25) is 0 Å². The number of aromatic nitrogens is 3. The molecule has 0 radical (unpaired) electrons. The minimum atomic E-state index is -0.620. The summed E-state index contributed by atoms with van der Waals surface area (Å²) in [6, 6.07) is 17.2. The number of halogens is 1. The van der Waals surface area contributed by atoms with Crippen LogP contribution in [0.15, 0.2) is 65.7 Å². The number of fused-ring (bicyclic) bond motifs is 2. The first-order valence-corrected chi connectivity index (χ1v) is 12.7. The molecule has 1 unspecified atom stereocenters. The number of para-hydroxylation sites is 1. The highest BCUT2D eigenvalue weighted by Crippen LogP contribution is 2.43. The molecule has 2 N–H and O–H groups in total. The van der Waals surface area contributed by atoms with Crippen LogP contribution >= 0.6 is 0 Å². The van der Waals surface area contributed by atoms with Gasteiger partial charge in [0.05, 0.1) is 36.3 Å². The van der Waals surface area contributed by atoms with Crippen LogP contribution in [0.5, 0.6) is 11.5 Å². The van der Waals surface area contributed by atoms with E-state index in [-0.39, 0.29) is 11.6 Å². The molecule has 0 saturated carbocycles. The third-order valence-corrected chi connectivity index (χ3v) is 6.95. The number of morpholine rings is 1. The van der Waals surface area contributed by atoms with E-state index < -0.39 is 6.67 Å². The average Bonchev–Trinajstić information content (AvgIpc) is 2.96. The Bertz CT molecular complexity index is 1530. The molecular formula is C29H28FN5O3. The van der Waals surface area contributed by atoms with Crippen LogP contribution in [0.25, 0.3) is 11.3 Å². The SMILES string of the molecule is CC(Nc1ccc2c(c1)Cc1cccc(-c3cc(N4CCOCC4)cc(=O)[nH]3)c1O2)c1cc(CF)ncn1. The summed E-state index contributed by atoms with van der Waals surface area (Å²) in [5.74, 6) is 1.53. The summed E-state index contributed by atoms with van der Waals surface area (Å²) < 4.78 is 24.9. The van der Waals surface area contributed by atoms with E-state index in [1.54, 1.807) is 12.1 Å². The molecule has 9 heteroatoms. The van der Waals surface area contributed by atoms with Gasteiger partial charge in [-0.3, -0.25) is 4.79 Å². The lowest BCUT2D eigenvalue weighted by Crippen LogP contribution is -2.36. The Morgan fingerprint density at radius 2 is 1.95 bits per heavy atom. The molecule has 0 aliphatic carbocycles. The number of hydrogen-bond donors (Lipinski definition) is 2. The van der Waals surface area contributed by atoms with Gasteiger partial charge in [0.25, 0.3) is 0 Å². The van der Waals surface area contributed by atoms with Crippen molar-refractivity contribution in [3.8, 4) is 22.8 Å². The van der Waals surface area contributed by atoms with Crippen LogP contribution < -0.4 is 20.5 Å². The Morgan fingerprint density at radius 1 is 1.08 bits per heavy atom. The van der Waals surface area contributed by atoms with Gasteiger partial charge in [0.15, 0.2) is 0 Å². The smallest absolute Gasteiger partial charge is 0.250 e. The maximum absolute atomic E-state index is 13.0. The van der Waals surface area contributed by atoms with E-state index in [1.807, 2.05) is 43.3 Å². The van der Waals surface area contributed by atoms with E-state index in [0.717, 1.165) is 64.0 Å². The number of aromatic amines is 1. The van der Waals surface area contributed by atoms with E-state index in [2.05, 4.69) is 31.2 Å². The van der Waals surface area contributed by atoms with Crippen molar-refractivity contribution in [2.45, 2.75) is 26.1 Å². The minimum Gasteiger partial charge on any atom is -0.456 e.